The molecule has 0 amide bonds. The van der Waals surface area contributed by atoms with Crippen molar-refractivity contribution >= 4 is 27.3 Å². The number of ether oxygens (including phenoxy) is 1. The lowest BCUT2D eigenvalue weighted by atomic mass is 10.1. The van der Waals surface area contributed by atoms with Crippen molar-refractivity contribution in [2.45, 2.75) is 39.3 Å². The number of hydrogen-bond acceptors (Lipinski definition) is 3. The fourth-order valence-corrected chi connectivity index (χ4v) is 3.55. The van der Waals surface area contributed by atoms with Crippen molar-refractivity contribution in [2.24, 2.45) is 0 Å². The van der Waals surface area contributed by atoms with E-state index in [2.05, 4.69) is 46.8 Å². The van der Waals surface area contributed by atoms with E-state index >= 15 is 0 Å². The SMILES string of the molecule is CCC(CC)N(CCOC)Cc1ccc(Br)s1. The molecule has 0 saturated carbocycles. The summed E-state index contributed by atoms with van der Waals surface area (Å²) in [6.07, 6.45) is 2.40. The topological polar surface area (TPSA) is 12.5 Å². The van der Waals surface area contributed by atoms with Gasteiger partial charge in [0.1, 0.15) is 0 Å². The Kier molecular flexibility index (Phi) is 7.35. The molecule has 1 aromatic rings. The van der Waals surface area contributed by atoms with Crippen LogP contribution in [0.15, 0.2) is 15.9 Å². The van der Waals surface area contributed by atoms with E-state index in [4.69, 9.17) is 4.74 Å². The lowest BCUT2D eigenvalue weighted by Crippen LogP contribution is -2.36. The third-order valence-corrected chi connectivity index (χ3v) is 4.64. The quantitative estimate of drug-likeness (QED) is 0.713. The Balaban J connectivity index is 2.61. The molecule has 0 saturated heterocycles. The van der Waals surface area contributed by atoms with Gasteiger partial charge >= 0.3 is 0 Å². The molecule has 0 N–H and O–H groups in total. The molecule has 0 aliphatic heterocycles. The normalized spacial score (nSPS) is 11.6. The second-order valence-electron chi connectivity index (χ2n) is 4.14. The van der Waals surface area contributed by atoms with E-state index < -0.39 is 0 Å². The smallest absolute Gasteiger partial charge is 0.0701 e. The summed E-state index contributed by atoms with van der Waals surface area (Å²) in [6.45, 7) is 7.38. The summed E-state index contributed by atoms with van der Waals surface area (Å²) in [5.41, 5.74) is 0. The van der Waals surface area contributed by atoms with Crippen LogP contribution < -0.4 is 0 Å². The van der Waals surface area contributed by atoms with Gasteiger partial charge < -0.3 is 4.74 Å². The number of nitrogens with zero attached hydrogens (tertiary/aromatic N) is 1. The first-order valence-electron chi connectivity index (χ1n) is 6.18. The van der Waals surface area contributed by atoms with Crippen LogP contribution in [0.2, 0.25) is 0 Å². The Bertz CT molecular complexity index is 312. The Morgan fingerprint density at radius 2 is 2.06 bits per heavy atom. The fraction of sp³-hybridized carbons (Fsp3) is 0.692. The summed E-state index contributed by atoms with van der Waals surface area (Å²) in [4.78, 5) is 3.95. The van der Waals surface area contributed by atoms with Crippen molar-refractivity contribution in [1.82, 2.24) is 4.90 Å². The standard InChI is InChI=1S/C13H22BrNOS/c1-4-11(5-2)15(8-9-16-3)10-12-6-7-13(14)17-12/h6-7,11H,4-5,8-10H2,1-3H3. The van der Waals surface area contributed by atoms with Crippen LogP contribution in [0.4, 0.5) is 0 Å². The van der Waals surface area contributed by atoms with Gasteiger partial charge in [0.05, 0.1) is 10.4 Å². The minimum Gasteiger partial charge on any atom is -0.383 e. The largest absolute Gasteiger partial charge is 0.383 e. The molecule has 0 spiro atoms. The van der Waals surface area contributed by atoms with Gasteiger partial charge in [0.15, 0.2) is 0 Å². The highest BCUT2D eigenvalue weighted by Crippen LogP contribution is 2.24. The first-order valence-corrected chi connectivity index (χ1v) is 7.79. The maximum absolute atomic E-state index is 5.21. The zero-order valence-corrected chi connectivity index (χ0v) is 13.3. The van der Waals surface area contributed by atoms with Crippen LogP contribution in [0.3, 0.4) is 0 Å². The van der Waals surface area contributed by atoms with Gasteiger partial charge in [-0.1, -0.05) is 13.8 Å². The molecular weight excluding hydrogens is 298 g/mol. The molecule has 0 unspecified atom stereocenters. The van der Waals surface area contributed by atoms with Crippen LogP contribution in [0.25, 0.3) is 0 Å². The lowest BCUT2D eigenvalue weighted by molar-refractivity contribution is 0.111. The molecule has 0 aliphatic rings. The van der Waals surface area contributed by atoms with E-state index in [9.17, 15) is 0 Å². The average molecular weight is 320 g/mol. The van der Waals surface area contributed by atoms with Crippen molar-refractivity contribution in [3.63, 3.8) is 0 Å². The second-order valence-corrected chi connectivity index (χ2v) is 6.69. The van der Waals surface area contributed by atoms with Crippen molar-refractivity contribution in [2.75, 3.05) is 20.3 Å². The Labute approximate surface area is 117 Å². The van der Waals surface area contributed by atoms with Gasteiger partial charge in [-0.15, -0.1) is 11.3 Å². The van der Waals surface area contributed by atoms with E-state index in [1.807, 2.05) is 11.3 Å². The van der Waals surface area contributed by atoms with Crippen molar-refractivity contribution < 1.29 is 4.74 Å². The minimum atomic E-state index is 0.658. The molecule has 1 heterocycles. The van der Waals surface area contributed by atoms with Crippen molar-refractivity contribution in [3.8, 4) is 0 Å². The molecule has 0 aromatic carbocycles. The van der Waals surface area contributed by atoms with Gasteiger partial charge in [-0.25, -0.2) is 0 Å². The monoisotopic (exact) mass is 319 g/mol. The predicted octanol–water partition coefficient (Wildman–Crippen LogP) is 4.15. The second kappa shape index (κ2) is 8.25. The molecular formula is C13H22BrNOS. The summed E-state index contributed by atoms with van der Waals surface area (Å²) in [5.74, 6) is 0. The summed E-state index contributed by atoms with van der Waals surface area (Å²) < 4.78 is 6.42. The average Bonchev–Trinajstić information content (AvgIpc) is 2.73. The van der Waals surface area contributed by atoms with Gasteiger partial charge in [-0.2, -0.15) is 0 Å². The van der Waals surface area contributed by atoms with Crippen LogP contribution in [-0.2, 0) is 11.3 Å². The predicted molar refractivity (Wildman–Crippen MR) is 78.7 cm³/mol. The summed E-state index contributed by atoms with van der Waals surface area (Å²) in [5, 5.41) is 0. The zero-order valence-electron chi connectivity index (χ0n) is 10.9. The number of rotatable bonds is 8. The fourth-order valence-electron chi connectivity index (χ4n) is 2.04. The molecule has 0 aliphatic carbocycles. The number of thiophene rings is 1. The molecule has 2 nitrogen and oxygen atoms in total. The molecule has 0 radical (unpaired) electrons. The number of hydrogen-bond donors (Lipinski definition) is 0. The molecule has 17 heavy (non-hydrogen) atoms. The molecule has 1 aromatic heterocycles. The van der Waals surface area contributed by atoms with Crippen molar-refractivity contribution in [1.29, 1.82) is 0 Å². The van der Waals surface area contributed by atoms with Crippen LogP contribution in [0.5, 0.6) is 0 Å². The van der Waals surface area contributed by atoms with Gasteiger partial charge in [-0.05, 0) is 40.9 Å². The third-order valence-electron chi connectivity index (χ3n) is 3.03. The highest BCUT2D eigenvalue weighted by Gasteiger charge is 2.15. The zero-order chi connectivity index (χ0) is 12.7. The van der Waals surface area contributed by atoms with Crippen LogP contribution >= 0.6 is 27.3 Å². The van der Waals surface area contributed by atoms with E-state index in [1.165, 1.54) is 21.5 Å². The van der Waals surface area contributed by atoms with Gasteiger partial charge in [0, 0.05) is 31.1 Å². The van der Waals surface area contributed by atoms with Crippen LogP contribution in [0.1, 0.15) is 31.6 Å². The molecule has 4 heteroatoms. The molecule has 0 atom stereocenters. The number of halogens is 1. The summed E-state index contributed by atoms with van der Waals surface area (Å²) in [6, 6.07) is 4.99. The Hall–Kier alpha value is 0.1000. The van der Waals surface area contributed by atoms with E-state index in [0.717, 1.165) is 19.7 Å². The van der Waals surface area contributed by atoms with Gasteiger partial charge in [0.25, 0.3) is 0 Å². The van der Waals surface area contributed by atoms with Crippen LogP contribution in [-0.4, -0.2) is 31.2 Å². The third kappa shape index (κ3) is 5.08. The Morgan fingerprint density at radius 1 is 1.35 bits per heavy atom. The maximum atomic E-state index is 5.21. The highest BCUT2D eigenvalue weighted by atomic mass is 79.9. The molecule has 1 rings (SSSR count). The van der Waals surface area contributed by atoms with E-state index in [-0.39, 0.29) is 0 Å². The van der Waals surface area contributed by atoms with Crippen LogP contribution in [0, 0.1) is 0 Å². The first-order chi connectivity index (χ1) is 8.21. The van der Waals surface area contributed by atoms with E-state index in [0.29, 0.717) is 6.04 Å². The molecule has 0 bridgehead atoms. The minimum absolute atomic E-state index is 0.658. The van der Waals surface area contributed by atoms with E-state index in [1.54, 1.807) is 7.11 Å². The molecule has 98 valence electrons. The maximum Gasteiger partial charge on any atom is 0.0701 e. The summed E-state index contributed by atoms with van der Waals surface area (Å²) in [7, 11) is 1.77. The Morgan fingerprint density at radius 3 is 2.53 bits per heavy atom. The lowest BCUT2D eigenvalue weighted by Gasteiger charge is -2.29. The molecule has 0 fully saturated rings. The van der Waals surface area contributed by atoms with Gasteiger partial charge in [-0.3, -0.25) is 4.90 Å². The number of methoxy groups -OCH3 is 1. The van der Waals surface area contributed by atoms with Crippen molar-refractivity contribution in [3.05, 3.63) is 20.8 Å². The highest BCUT2D eigenvalue weighted by molar-refractivity contribution is 9.11. The van der Waals surface area contributed by atoms with Gasteiger partial charge in [0.2, 0.25) is 0 Å². The summed E-state index contributed by atoms with van der Waals surface area (Å²) >= 11 is 5.34. The first kappa shape index (κ1) is 15.2.